The molecule has 0 saturated carbocycles. The number of pyridine rings is 1. The van der Waals surface area contributed by atoms with E-state index in [4.69, 9.17) is 4.74 Å². The first kappa shape index (κ1) is 17.5. The summed E-state index contributed by atoms with van der Waals surface area (Å²) in [5.41, 5.74) is 2.16. The van der Waals surface area contributed by atoms with Crippen LogP contribution in [0.25, 0.3) is 5.82 Å². The summed E-state index contributed by atoms with van der Waals surface area (Å²) in [6.45, 7) is 1.25. The number of hydrogen-bond donors (Lipinski definition) is 2. The number of aromatic nitrogens is 3. The Hall–Kier alpha value is -3.35. The molecule has 0 unspecified atom stereocenters. The van der Waals surface area contributed by atoms with E-state index in [0.717, 1.165) is 22.7 Å². The first-order chi connectivity index (χ1) is 12.8. The number of para-hydroxylation sites is 1. The second kappa shape index (κ2) is 8.66. The van der Waals surface area contributed by atoms with E-state index in [1.165, 1.54) is 0 Å². The molecule has 7 nitrogen and oxygen atoms in total. The van der Waals surface area contributed by atoms with Crippen LogP contribution in [0.3, 0.4) is 0 Å². The average Bonchev–Trinajstić information content (AvgIpc) is 3.23. The number of nitrogens with one attached hydrogen (secondary N) is 2. The Morgan fingerprint density at radius 2 is 1.96 bits per heavy atom. The van der Waals surface area contributed by atoms with E-state index in [2.05, 4.69) is 25.7 Å². The van der Waals surface area contributed by atoms with Crippen molar-refractivity contribution in [3.8, 4) is 11.6 Å². The highest BCUT2D eigenvalue weighted by Gasteiger charge is 2.04. The molecule has 1 aromatic carbocycles. The molecule has 0 aliphatic rings. The van der Waals surface area contributed by atoms with E-state index < -0.39 is 0 Å². The zero-order valence-corrected chi connectivity index (χ0v) is 14.9. The van der Waals surface area contributed by atoms with Crippen molar-refractivity contribution in [3.05, 3.63) is 72.2 Å². The lowest BCUT2D eigenvalue weighted by molar-refractivity contribution is 0.409. The summed E-state index contributed by atoms with van der Waals surface area (Å²) >= 11 is 0. The molecule has 3 aromatic rings. The molecule has 2 heterocycles. The molecule has 0 spiro atoms. The maximum atomic E-state index is 5.37. The fourth-order valence-corrected chi connectivity index (χ4v) is 2.53. The minimum absolute atomic E-state index is 0.624. The summed E-state index contributed by atoms with van der Waals surface area (Å²) in [5.74, 6) is 2.35. The molecule has 0 aliphatic heterocycles. The summed E-state index contributed by atoms with van der Waals surface area (Å²) in [6, 6.07) is 13.7. The molecular weight excluding hydrogens is 328 g/mol. The molecule has 7 heteroatoms. The van der Waals surface area contributed by atoms with Crippen molar-refractivity contribution in [1.29, 1.82) is 0 Å². The van der Waals surface area contributed by atoms with Crippen LogP contribution in [0.2, 0.25) is 0 Å². The summed E-state index contributed by atoms with van der Waals surface area (Å²) < 4.78 is 7.11. The van der Waals surface area contributed by atoms with Crippen molar-refractivity contribution in [3.63, 3.8) is 0 Å². The molecule has 0 saturated heterocycles. The van der Waals surface area contributed by atoms with Crippen molar-refractivity contribution in [1.82, 2.24) is 25.4 Å². The van der Waals surface area contributed by atoms with Gasteiger partial charge in [0.25, 0.3) is 0 Å². The normalized spacial score (nSPS) is 11.2. The monoisotopic (exact) mass is 350 g/mol. The smallest absolute Gasteiger partial charge is 0.191 e. The number of guanidine groups is 1. The van der Waals surface area contributed by atoms with Gasteiger partial charge in [0.2, 0.25) is 0 Å². The zero-order chi connectivity index (χ0) is 18.2. The lowest BCUT2D eigenvalue weighted by atomic mass is 10.2. The van der Waals surface area contributed by atoms with Crippen LogP contribution in [-0.4, -0.2) is 34.9 Å². The van der Waals surface area contributed by atoms with E-state index in [0.29, 0.717) is 19.0 Å². The largest absolute Gasteiger partial charge is 0.496 e. The summed E-state index contributed by atoms with van der Waals surface area (Å²) in [4.78, 5) is 8.60. The van der Waals surface area contributed by atoms with Gasteiger partial charge in [-0.15, -0.1) is 0 Å². The molecular formula is C19H22N6O. The van der Waals surface area contributed by atoms with Gasteiger partial charge < -0.3 is 15.4 Å². The van der Waals surface area contributed by atoms with Crippen LogP contribution in [0.15, 0.2) is 66.0 Å². The van der Waals surface area contributed by atoms with Crippen molar-refractivity contribution < 1.29 is 4.74 Å². The number of nitrogens with zero attached hydrogens (tertiary/aromatic N) is 4. The number of aliphatic imine (C=N–C) groups is 1. The van der Waals surface area contributed by atoms with Gasteiger partial charge in [0.05, 0.1) is 7.11 Å². The van der Waals surface area contributed by atoms with E-state index in [1.807, 2.05) is 48.7 Å². The van der Waals surface area contributed by atoms with Gasteiger partial charge in [0, 0.05) is 44.3 Å². The average molecular weight is 350 g/mol. The molecule has 26 heavy (non-hydrogen) atoms. The molecule has 0 radical (unpaired) electrons. The second-order valence-electron chi connectivity index (χ2n) is 5.56. The highest BCUT2D eigenvalue weighted by atomic mass is 16.5. The lowest BCUT2D eigenvalue weighted by Crippen LogP contribution is -2.36. The number of hydrogen-bond acceptors (Lipinski definition) is 4. The van der Waals surface area contributed by atoms with Crippen LogP contribution in [0.5, 0.6) is 5.75 Å². The fourth-order valence-electron chi connectivity index (χ4n) is 2.53. The van der Waals surface area contributed by atoms with Gasteiger partial charge in [0.1, 0.15) is 5.75 Å². The first-order valence-electron chi connectivity index (χ1n) is 8.31. The molecule has 0 fully saturated rings. The van der Waals surface area contributed by atoms with Crippen LogP contribution < -0.4 is 15.4 Å². The van der Waals surface area contributed by atoms with Crippen molar-refractivity contribution in [2.24, 2.45) is 4.99 Å². The number of rotatable bonds is 6. The maximum Gasteiger partial charge on any atom is 0.191 e. The molecule has 134 valence electrons. The molecule has 0 atom stereocenters. The summed E-state index contributed by atoms with van der Waals surface area (Å²) in [5, 5.41) is 10.8. The standard InChI is InChI=1S/C19H22N6O/c1-20-19(23-14-16-6-3-4-7-17(16)26-2)22-13-15-8-10-21-18(12-15)25-11-5-9-24-25/h3-12H,13-14H2,1-2H3,(H2,20,22,23). The Morgan fingerprint density at radius 3 is 2.73 bits per heavy atom. The van der Waals surface area contributed by atoms with E-state index in [-0.39, 0.29) is 0 Å². The van der Waals surface area contributed by atoms with Crippen molar-refractivity contribution >= 4 is 5.96 Å². The third-order valence-corrected chi connectivity index (χ3v) is 3.87. The van der Waals surface area contributed by atoms with Crippen molar-refractivity contribution in [2.45, 2.75) is 13.1 Å². The van der Waals surface area contributed by atoms with Crippen LogP contribution in [0, 0.1) is 0 Å². The van der Waals surface area contributed by atoms with E-state index in [9.17, 15) is 0 Å². The molecule has 0 amide bonds. The molecule has 2 aromatic heterocycles. The van der Waals surface area contributed by atoms with Gasteiger partial charge in [-0.05, 0) is 29.8 Å². The van der Waals surface area contributed by atoms with Gasteiger partial charge in [-0.25, -0.2) is 9.67 Å². The quantitative estimate of drug-likeness (QED) is 0.526. The second-order valence-corrected chi connectivity index (χ2v) is 5.56. The highest BCUT2D eigenvalue weighted by Crippen LogP contribution is 2.16. The summed E-state index contributed by atoms with van der Waals surface area (Å²) in [7, 11) is 3.42. The van der Waals surface area contributed by atoms with Crippen molar-refractivity contribution in [2.75, 3.05) is 14.2 Å². The van der Waals surface area contributed by atoms with E-state index >= 15 is 0 Å². The highest BCUT2D eigenvalue weighted by molar-refractivity contribution is 5.79. The third kappa shape index (κ3) is 4.38. The van der Waals surface area contributed by atoms with Crippen LogP contribution in [0.4, 0.5) is 0 Å². The van der Waals surface area contributed by atoms with Gasteiger partial charge in [-0.3, -0.25) is 4.99 Å². The predicted octanol–water partition coefficient (Wildman–Crippen LogP) is 2.14. The van der Waals surface area contributed by atoms with Crippen LogP contribution in [-0.2, 0) is 13.1 Å². The van der Waals surface area contributed by atoms with Gasteiger partial charge in [-0.2, -0.15) is 5.10 Å². The van der Waals surface area contributed by atoms with Crippen LogP contribution >= 0.6 is 0 Å². The Kier molecular flexibility index (Phi) is 5.82. The first-order valence-corrected chi connectivity index (χ1v) is 8.31. The fraction of sp³-hybridized carbons (Fsp3) is 0.211. The maximum absolute atomic E-state index is 5.37. The van der Waals surface area contributed by atoms with Gasteiger partial charge >= 0.3 is 0 Å². The Balaban J connectivity index is 1.58. The minimum atomic E-state index is 0.624. The topological polar surface area (TPSA) is 76.4 Å². The molecule has 3 rings (SSSR count). The number of ether oxygens (including phenoxy) is 1. The van der Waals surface area contributed by atoms with Gasteiger partial charge in [-0.1, -0.05) is 18.2 Å². The minimum Gasteiger partial charge on any atom is -0.496 e. The van der Waals surface area contributed by atoms with Crippen LogP contribution in [0.1, 0.15) is 11.1 Å². The summed E-state index contributed by atoms with van der Waals surface area (Å²) in [6.07, 6.45) is 5.38. The van der Waals surface area contributed by atoms with E-state index in [1.54, 1.807) is 31.2 Å². The Labute approximate surface area is 152 Å². The zero-order valence-electron chi connectivity index (χ0n) is 14.9. The number of methoxy groups -OCH3 is 1. The molecule has 2 N–H and O–H groups in total. The number of benzene rings is 1. The van der Waals surface area contributed by atoms with Gasteiger partial charge in [0.15, 0.2) is 11.8 Å². The predicted molar refractivity (Wildman–Crippen MR) is 101 cm³/mol. The lowest BCUT2D eigenvalue weighted by Gasteiger charge is -2.14. The Bertz CT molecular complexity index is 860. The Morgan fingerprint density at radius 1 is 1.12 bits per heavy atom. The SMILES string of the molecule is CN=C(NCc1ccnc(-n2cccn2)c1)NCc1ccccc1OC. The molecule has 0 aliphatic carbocycles. The molecule has 0 bridgehead atoms. The third-order valence-electron chi connectivity index (χ3n) is 3.87.